The van der Waals surface area contributed by atoms with Crippen LogP contribution in [-0.2, 0) is 0 Å². The first-order valence-electron chi connectivity index (χ1n) is 6.19. The summed E-state index contributed by atoms with van der Waals surface area (Å²) in [5.74, 6) is 1.00. The minimum absolute atomic E-state index is 0.0662. The fourth-order valence-electron chi connectivity index (χ4n) is 1.78. The van der Waals surface area contributed by atoms with Crippen LogP contribution in [0.25, 0.3) is 0 Å². The van der Waals surface area contributed by atoms with Crippen LogP contribution in [0.1, 0.15) is 25.3 Å². The van der Waals surface area contributed by atoms with Gasteiger partial charge in [0, 0.05) is 6.07 Å². The average molecular weight is 292 g/mol. The van der Waals surface area contributed by atoms with E-state index in [4.69, 9.17) is 16.3 Å². The molecule has 0 saturated carbocycles. The first-order chi connectivity index (χ1) is 9.49. The van der Waals surface area contributed by atoms with Gasteiger partial charge in [-0.05, 0) is 29.7 Å². The van der Waals surface area contributed by atoms with Crippen LogP contribution in [0.3, 0.4) is 0 Å². The minimum atomic E-state index is -0.510. The Morgan fingerprint density at radius 3 is 2.35 bits per heavy atom. The number of nitro groups is 1. The van der Waals surface area contributed by atoms with Crippen molar-refractivity contribution in [3.63, 3.8) is 0 Å². The molecule has 0 bridgehead atoms. The molecule has 0 aliphatic rings. The van der Waals surface area contributed by atoms with E-state index in [1.54, 1.807) is 18.2 Å². The fraction of sp³-hybridized carbons (Fsp3) is 0.200. The molecule has 0 aliphatic carbocycles. The van der Waals surface area contributed by atoms with Crippen molar-refractivity contribution < 1.29 is 9.66 Å². The lowest BCUT2D eigenvalue weighted by Crippen LogP contribution is -1.94. The lowest BCUT2D eigenvalue weighted by Gasteiger charge is -2.10. The Balaban J connectivity index is 2.32. The highest BCUT2D eigenvalue weighted by Crippen LogP contribution is 2.37. The van der Waals surface area contributed by atoms with E-state index in [2.05, 4.69) is 13.8 Å². The highest BCUT2D eigenvalue weighted by Gasteiger charge is 2.18. The molecule has 0 spiro atoms. The van der Waals surface area contributed by atoms with Crippen molar-refractivity contribution in [2.75, 3.05) is 0 Å². The number of rotatable bonds is 4. The average Bonchev–Trinajstić information content (AvgIpc) is 2.41. The second kappa shape index (κ2) is 5.92. The Morgan fingerprint density at radius 1 is 1.15 bits per heavy atom. The van der Waals surface area contributed by atoms with E-state index in [-0.39, 0.29) is 16.5 Å². The maximum atomic E-state index is 11.0. The highest BCUT2D eigenvalue weighted by molar-refractivity contribution is 6.32. The summed E-state index contributed by atoms with van der Waals surface area (Å²) in [5.41, 5.74) is 1.02. The van der Waals surface area contributed by atoms with Gasteiger partial charge in [-0.1, -0.05) is 43.6 Å². The van der Waals surface area contributed by atoms with Crippen LogP contribution in [0.15, 0.2) is 42.5 Å². The van der Waals surface area contributed by atoms with Gasteiger partial charge in [-0.2, -0.15) is 0 Å². The quantitative estimate of drug-likeness (QED) is 0.577. The summed E-state index contributed by atoms with van der Waals surface area (Å²) in [6.45, 7) is 4.18. The highest BCUT2D eigenvalue weighted by atomic mass is 35.5. The van der Waals surface area contributed by atoms with Crippen molar-refractivity contribution in [1.29, 1.82) is 0 Å². The third-order valence-electron chi connectivity index (χ3n) is 2.91. The second-order valence-corrected chi connectivity index (χ2v) is 5.08. The Kier molecular flexibility index (Phi) is 4.25. The number of hydrogen-bond acceptors (Lipinski definition) is 3. The first kappa shape index (κ1) is 14.3. The fourth-order valence-corrected chi connectivity index (χ4v) is 1.99. The van der Waals surface area contributed by atoms with E-state index in [1.165, 1.54) is 17.7 Å². The maximum Gasteiger partial charge on any atom is 0.313 e. The summed E-state index contributed by atoms with van der Waals surface area (Å²) < 4.78 is 5.56. The molecule has 0 amide bonds. The number of hydrogen-bond donors (Lipinski definition) is 0. The molecule has 0 radical (unpaired) electrons. The van der Waals surface area contributed by atoms with E-state index in [0.29, 0.717) is 11.7 Å². The van der Waals surface area contributed by atoms with Crippen molar-refractivity contribution in [2.24, 2.45) is 0 Å². The van der Waals surface area contributed by atoms with Gasteiger partial charge in [0.25, 0.3) is 0 Å². The Hall–Kier alpha value is -2.07. The zero-order chi connectivity index (χ0) is 14.7. The molecule has 0 saturated heterocycles. The zero-order valence-electron chi connectivity index (χ0n) is 11.2. The molecule has 0 heterocycles. The van der Waals surface area contributed by atoms with Crippen molar-refractivity contribution in [2.45, 2.75) is 19.8 Å². The van der Waals surface area contributed by atoms with Crippen LogP contribution in [0, 0.1) is 10.1 Å². The number of para-hydroxylation sites is 1. The second-order valence-electron chi connectivity index (χ2n) is 4.67. The molecule has 5 heteroatoms. The largest absolute Gasteiger partial charge is 0.449 e. The first-order valence-corrected chi connectivity index (χ1v) is 6.57. The predicted octanol–water partition coefficient (Wildman–Crippen LogP) is 5.16. The monoisotopic (exact) mass is 291 g/mol. The van der Waals surface area contributed by atoms with Crippen LogP contribution < -0.4 is 4.74 Å². The van der Waals surface area contributed by atoms with Gasteiger partial charge in [0.15, 0.2) is 0 Å². The van der Waals surface area contributed by atoms with Crippen LogP contribution >= 0.6 is 11.6 Å². The lowest BCUT2D eigenvalue weighted by molar-refractivity contribution is -0.385. The number of benzene rings is 2. The number of nitro benzene ring substituents is 1. The number of halogens is 1. The molecule has 2 rings (SSSR count). The Bertz CT molecular complexity index is 624. The van der Waals surface area contributed by atoms with Crippen LogP contribution in [-0.4, -0.2) is 4.92 Å². The molecular formula is C15H14ClNO3. The number of ether oxygens (including phenoxy) is 1. The Labute approximate surface area is 122 Å². The summed E-state index contributed by atoms with van der Waals surface area (Å²) in [5, 5.41) is 11.2. The summed E-state index contributed by atoms with van der Waals surface area (Å²) in [7, 11) is 0. The van der Waals surface area contributed by atoms with Crippen molar-refractivity contribution >= 4 is 17.3 Å². The topological polar surface area (TPSA) is 52.4 Å². The van der Waals surface area contributed by atoms with Crippen LogP contribution in [0.4, 0.5) is 5.69 Å². The van der Waals surface area contributed by atoms with Gasteiger partial charge in [0.1, 0.15) is 5.75 Å². The van der Waals surface area contributed by atoms with Gasteiger partial charge in [-0.3, -0.25) is 10.1 Å². The van der Waals surface area contributed by atoms with E-state index >= 15 is 0 Å². The van der Waals surface area contributed by atoms with Gasteiger partial charge >= 0.3 is 5.69 Å². The van der Waals surface area contributed by atoms with E-state index in [0.717, 1.165) is 0 Å². The normalized spacial score (nSPS) is 10.6. The number of nitrogens with zero attached hydrogens (tertiary/aromatic N) is 1. The summed E-state index contributed by atoms with van der Waals surface area (Å²) in [6, 6.07) is 11.9. The Morgan fingerprint density at radius 2 is 1.80 bits per heavy atom. The van der Waals surface area contributed by atoms with Gasteiger partial charge in [-0.15, -0.1) is 0 Å². The molecule has 0 atom stereocenters. The molecule has 2 aromatic carbocycles. The van der Waals surface area contributed by atoms with E-state index in [9.17, 15) is 10.1 Å². The molecule has 4 nitrogen and oxygen atoms in total. The molecule has 2 aromatic rings. The molecule has 0 aliphatic heterocycles. The molecule has 104 valence electrons. The maximum absolute atomic E-state index is 11.0. The van der Waals surface area contributed by atoms with E-state index in [1.807, 2.05) is 12.1 Å². The zero-order valence-corrected chi connectivity index (χ0v) is 11.9. The van der Waals surface area contributed by atoms with Gasteiger partial charge < -0.3 is 4.74 Å². The predicted molar refractivity (Wildman–Crippen MR) is 78.7 cm³/mol. The molecule has 20 heavy (non-hydrogen) atoms. The van der Waals surface area contributed by atoms with Crippen LogP contribution in [0.2, 0.25) is 5.02 Å². The van der Waals surface area contributed by atoms with Crippen LogP contribution in [0.5, 0.6) is 11.5 Å². The van der Waals surface area contributed by atoms with E-state index < -0.39 is 4.92 Å². The van der Waals surface area contributed by atoms with Crippen molar-refractivity contribution in [3.05, 3.63) is 63.2 Å². The molecule has 0 fully saturated rings. The van der Waals surface area contributed by atoms with Crippen molar-refractivity contribution in [1.82, 2.24) is 0 Å². The molecule has 0 aromatic heterocycles. The lowest BCUT2D eigenvalue weighted by atomic mass is 10.0. The minimum Gasteiger partial charge on any atom is -0.449 e. The van der Waals surface area contributed by atoms with Gasteiger partial charge in [0.2, 0.25) is 5.75 Å². The summed E-state index contributed by atoms with van der Waals surface area (Å²) in [6.07, 6.45) is 0. The third-order valence-corrected chi connectivity index (χ3v) is 3.21. The van der Waals surface area contributed by atoms with Crippen molar-refractivity contribution in [3.8, 4) is 11.5 Å². The SMILES string of the molecule is CC(C)c1ccc(Oc2c(Cl)cccc2[N+](=O)[O-])cc1. The smallest absolute Gasteiger partial charge is 0.313 e. The molecule has 0 unspecified atom stereocenters. The third kappa shape index (κ3) is 3.08. The van der Waals surface area contributed by atoms with Gasteiger partial charge in [-0.25, -0.2) is 0 Å². The molecule has 0 N–H and O–H groups in total. The molecular weight excluding hydrogens is 278 g/mol. The summed E-state index contributed by atoms with van der Waals surface area (Å²) in [4.78, 5) is 10.5. The summed E-state index contributed by atoms with van der Waals surface area (Å²) >= 11 is 5.98. The standard InChI is InChI=1S/C15H14ClNO3/c1-10(2)11-6-8-12(9-7-11)20-15-13(16)4-3-5-14(15)17(18)19/h3-10H,1-2H3. The van der Waals surface area contributed by atoms with Gasteiger partial charge in [0.05, 0.1) is 9.95 Å².